The first-order chi connectivity index (χ1) is 12.2. The number of benzene rings is 1. The minimum absolute atomic E-state index is 0.0975. The van der Waals surface area contributed by atoms with Gasteiger partial charge in [0.15, 0.2) is 0 Å². The van der Waals surface area contributed by atoms with E-state index in [1.165, 1.54) is 14.2 Å². The van der Waals surface area contributed by atoms with E-state index >= 15 is 0 Å². The van der Waals surface area contributed by atoms with Crippen LogP contribution in [-0.2, 0) is 19.1 Å². The Morgan fingerprint density at radius 3 is 2.12 bits per heavy atom. The summed E-state index contributed by atoms with van der Waals surface area (Å²) in [5.41, 5.74) is 3.12. The predicted octanol–water partition coefficient (Wildman–Crippen LogP) is 3.48. The fraction of sp³-hybridized carbons (Fsp3) is 0.429. The van der Waals surface area contributed by atoms with E-state index in [9.17, 15) is 9.59 Å². The number of allylic oxidation sites excluding steroid dienone is 1. The summed E-state index contributed by atoms with van der Waals surface area (Å²) in [7, 11) is 4.57. The third-order valence-corrected chi connectivity index (χ3v) is 5.03. The van der Waals surface area contributed by atoms with E-state index in [4.69, 9.17) is 9.47 Å². The topological polar surface area (TPSA) is 55.8 Å². The third kappa shape index (κ3) is 3.98. The molecule has 140 valence electrons. The first-order valence-corrected chi connectivity index (χ1v) is 8.63. The Kier molecular flexibility index (Phi) is 5.90. The van der Waals surface area contributed by atoms with Crippen molar-refractivity contribution in [3.63, 3.8) is 0 Å². The molecule has 1 saturated heterocycles. The van der Waals surface area contributed by atoms with Crippen LogP contribution < -0.4 is 0 Å². The number of carbonyl (C=O) groups is 2. The maximum Gasteiger partial charge on any atom is 0.340 e. The van der Waals surface area contributed by atoms with Crippen molar-refractivity contribution in [2.24, 2.45) is 0 Å². The molecule has 26 heavy (non-hydrogen) atoms. The zero-order valence-corrected chi connectivity index (χ0v) is 16.4. The molecule has 0 N–H and O–H groups in total. The highest BCUT2D eigenvalue weighted by Gasteiger charge is 2.37. The van der Waals surface area contributed by atoms with Crippen LogP contribution in [0, 0.1) is 6.92 Å². The van der Waals surface area contributed by atoms with Gasteiger partial charge < -0.3 is 14.4 Å². The third-order valence-electron chi connectivity index (χ3n) is 5.03. The molecule has 1 aliphatic heterocycles. The molecule has 0 saturated carbocycles. The van der Waals surface area contributed by atoms with Gasteiger partial charge in [-0.05, 0) is 45.3 Å². The van der Waals surface area contributed by atoms with E-state index in [0.717, 1.165) is 23.2 Å². The van der Waals surface area contributed by atoms with Crippen LogP contribution in [0.1, 0.15) is 37.8 Å². The monoisotopic (exact) mass is 357 g/mol. The normalized spacial score (nSPS) is 18.5. The number of methoxy groups -OCH3 is 2. The van der Waals surface area contributed by atoms with E-state index in [1.807, 2.05) is 43.1 Å². The minimum atomic E-state index is -0.559. The lowest BCUT2D eigenvalue weighted by molar-refractivity contribution is -0.139. The number of esters is 2. The molecule has 1 fully saturated rings. The van der Waals surface area contributed by atoms with Crippen LogP contribution in [0.15, 0.2) is 41.1 Å². The van der Waals surface area contributed by atoms with Crippen LogP contribution in [0.5, 0.6) is 0 Å². The molecule has 0 spiro atoms. The van der Waals surface area contributed by atoms with Crippen molar-refractivity contribution < 1.29 is 19.1 Å². The Hall–Kier alpha value is -2.56. The lowest BCUT2D eigenvalue weighted by atomic mass is 9.99. The van der Waals surface area contributed by atoms with Gasteiger partial charge in [0.05, 0.1) is 25.4 Å². The lowest BCUT2D eigenvalue weighted by Crippen LogP contribution is -2.35. The SMILES string of the molecule is COC(=O)C(=C\c1ccc(C)cc1)/C(C(=O)OC)=C1/CCC(C)(C)N1C. The van der Waals surface area contributed by atoms with Gasteiger partial charge in [-0.2, -0.15) is 0 Å². The van der Waals surface area contributed by atoms with Gasteiger partial charge in [-0.1, -0.05) is 29.8 Å². The van der Waals surface area contributed by atoms with Crippen molar-refractivity contribution in [2.75, 3.05) is 21.3 Å². The molecule has 1 heterocycles. The quantitative estimate of drug-likeness (QED) is 0.610. The Labute approximate surface area is 155 Å². The van der Waals surface area contributed by atoms with E-state index in [0.29, 0.717) is 6.42 Å². The van der Waals surface area contributed by atoms with Crippen molar-refractivity contribution in [1.29, 1.82) is 0 Å². The number of carbonyl (C=O) groups excluding carboxylic acids is 2. The van der Waals surface area contributed by atoms with Gasteiger partial charge in [0.25, 0.3) is 0 Å². The fourth-order valence-electron chi connectivity index (χ4n) is 3.08. The van der Waals surface area contributed by atoms with E-state index in [2.05, 4.69) is 13.8 Å². The van der Waals surface area contributed by atoms with Gasteiger partial charge >= 0.3 is 11.9 Å². The highest BCUT2D eigenvalue weighted by Crippen LogP contribution is 2.38. The molecule has 1 aromatic carbocycles. The van der Waals surface area contributed by atoms with Crippen molar-refractivity contribution in [3.05, 3.63) is 52.2 Å². The number of aryl methyl sites for hydroxylation is 1. The Morgan fingerprint density at radius 1 is 1.08 bits per heavy atom. The van der Waals surface area contributed by atoms with Crippen molar-refractivity contribution in [1.82, 2.24) is 4.90 Å². The number of ether oxygens (including phenoxy) is 2. The summed E-state index contributed by atoms with van der Waals surface area (Å²) >= 11 is 0. The number of rotatable bonds is 4. The van der Waals surface area contributed by atoms with Crippen LogP contribution in [0.2, 0.25) is 0 Å². The fourth-order valence-corrected chi connectivity index (χ4v) is 3.08. The summed E-state index contributed by atoms with van der Waals surface area (Å²) < 4.78 is 9.96. The second kappa shape index (κ2) is 7.77. The molecule has 0 aliphatic carbocycles. The summed E-state index contributed by atoms with van der Waals surface area (Å²) in [6.45, 7) is 6.21. The smallest absolute Gasteiger partial charge is 0.340 e. The highest BCUT2D eigenvalue weighted by molar-refractivity contribution is 6.10. The summed E-state index contributed by atoms with van der Waals surface area (Å²) in [6.07, 6.45) is 3.26. The van der Waals surface area contributed by atoms with Gasteiger partial charge in [0.2, 0.25) is 0 Å². The molecular formula is C21H27NO4. The van der Waals surface area contributed by atoms with Crippen LogP contribution in [0.3, 0.4) is 0 Å². The number of hydrogen-bond acceptors (Lipinski definition) is 5. The van der Waals surface area contributed by atoms with Crippen LogP contribution in [-0.4, -0.2) is 43.6 Å². The second-order valence-corrected chi connectivity index (χ2v) is 7.15. The minimum Gasteiger partial charge on any atom is -0.465 e. The summed E-state index contributed by atoms with van der Waals surface area (Å²) in [4.78, 5) is 27.2. The molecule has 1 aliphatic rings. The van der Waals surface area contributed by atoms with Crippen molar-refractivity contribution in [3.8, 4) is 0 Å². The molecule has 0 unspecified atom stereocenters. The average Bonchev–Trinajstić information content (AvgIpc) is 2.89. The Balaban J connectivity index is 2.66. The summed E-state index contributed by atoms with van der Waals surface area (Å²) in [6, 6.07) is 7.72. The molecule has 0 aromatic heterocycles. The molecular weight excluding hydrogens is 330 g/mol. The molecule has 5 heteroatoms. The molecule has 5 nitrogen and oxygen atoms in total. The first-order valence-electron chi connectivity index (χ1n) is 8.63. The van der Waals surface area contributed by atoms with E-state index in [-0.39, 0.29) is 16.7 Å². The van der Waals surface area contributed by atoms with Crippen LogP contribution >= 0.6 is 0 Å². The Bertz CT molecular complexity index is 757. The maximum atomic E-state index is 12.6. The summed E-state index contributed by atoms with van der Waals surface area (Å²) in [5.74, 6) is -1.09. The van der Waals surface area contributed by atoms with Gasteiger partial charge in [0, 0.05) is 18.3 Å². The highest BCUT2D eigenvalue weighted by atomic mass is 16.5. The molecule has 0 bridgehead atoms. The van der Waals surface area contributed by atoms with E-state index in [1.54, 1.807) is 6.08 Å². The van der Waals surface area contributed by atoms with E-state index < -0.39 is 11.9 Å². The molecule has 0 radical (unpaired) electrons. The van der Waals surface area contributed by atoms with Crippen molar-refractivity contribution in [2.45, 2.75) is 39.2 Å². The van der Waals surface area contributed by atoms with Crippen molar-refractivity contribution >= 4 is 18.0 Å². The zero-order valence-electron chi connectivity index (χ0n) is 16.4. The molecule has 2 rings (SSSR count). The predicted molar refractivity (Wildman–Crippen MR) is 101 cm³/mol. The average molecular weight is 357 g/mol. The number of likely N-dealkylation sites (tertiary alicyclic amines) is 1. The Morgan fingerprint density at radius 2 is 1.65 bits per heavy atom. The number of hydrogen-bond donors (Lipinski definition) is 0. The van der Waals surface area contributed by atoms with Gasteiger partial charge in [-0.3, -0.25) is 0 Å². The number of nitrogens with zero attached hydrogens (tertiary/aromatic N) is 1. The largest absolute Gasteiger partial charge is 0.465 e. The molecule has 1 aromatic rings. The summed E-state index contributed by atoms with van der Waals surface area (Å²) in [5, 5.41) is 0. The van der Waals surface area contributed by atoms with Gasteiger partial charge in [0.1, 0.15) is 0 Å². The maximum absolute atomic E-state index is 12.6. The van der Waals surface area contributed by atoms with Crippen LogP contribution in [0.4, 0.5) is 0 Å². The zero-order chi connectivity index (χ0) is 19.5. The van der Waals surface area contributed by atoms with Gasteiger partial charge in [-0.15, -0.1) is 0 Å². The molecule has 0 atom stereocenters. The first kappa shape index (κ1) is 19.8. The lowest BCUT2D eigenvalue weighted by Gasteiger charge is -2.31. The standard InChI is InChI=1S/C21H27NO4/c1-14-7-9-15(10-8-14)13-16(19(23)25-5)18(20(24)26-6)17-11-12-21(2,3)22(17)4/h7-10,13H,11-12H2,1-6H3/b16-13-,18-17+. The van der Waals surface area contributed by atoms with Gasteiger partial charge in [-0.25, -0.2) is 9.59 Å². The second-order valence-electron chi connectivity index (χ2n) is 7.15. The van der Waals surface area contributed by atoms with Crippen LogP contribution in [0.25, 0.3) is 6.08 Å². The molecule has 0 amide bonds.